The second-order valence-corrected chi connectivity index (χ2v) is 5.85. The number of ether oxygens (including phenoxy) is 2. The average Bonchev–Trinajstić information content (AvgIpc) is 2.73. The highest BCUT2D eigenvalue weighted by molar-refractivity contribution is 5.72. The van der Waals surface area contributed by atoms with Gasteiger partial charge in [-0.2, -0.15) is 0 Å². The Bertz CT molecular complexity index is 479. The standard InChI is InChI=1S/C17H26N2O3/c1-14-4-3-8-19(9-7-14)10-11-22-17-12-15(18-13-20)5-6-16(17)21-2/h5-6,12-14H,3-4,7-11H2,1-2H3,(H,18,20). The van der Waals surface area contributed by atoms with Crippen LogP contribution in [0.5, 0.6) is 11.5 Å². The minimum absolute atomic E-state index is 0.620. The lowest BCUT2D eigenvalue weighted by atomic mass is 10.0. The number of carbonyl (C=O) groups is 1. The predicted molar refractivity (Wildman–Crippen MR) is 87.6 cm³/mol. The van der Waals surface area contributed by atoms with E-state index in [2.05, 4.69) is 17.1 Å². The van der Waals surface area contributed by atoms with E-state index < -0.39 is 0 Å². The molecule has 1 amide bonds. The quantitative estimate of drug-likeness (QED) is 0.787. The number of methoxy groups -OCH3 is 1. The van der Waals surface area contributed by atoms with Crippen molar-refractivity contribution >= 4 is 12.1 Å². The number of carbonyl (C=O) groups excluding carboxylic acids is 1. The van der Waals surface area contributed by atoms with Crippen LogP contribution in [0.3, 0.4) is 0 Å². The molecule has 22 heavy (non-hydrogen) atoms. The van der Waals surface area contributed by atoms with Crippen LogP contribution in [0, 0.1) is 5.92 Å². The molecule has 1 aliphatic heterocycles. The summed E-state index contributed by atoms with van der Waals surface area (Å²) in [6.45, 7) is 6.17. The summed E-state index contributed by atoms with van der Waals surface area (Å²) in [5.41, 5.74) is 0.703. The van der Waals surface area contributed by atoms with E-state index in [1.165, 1.54) is 19.3 Å². The van der Waals surface area contributed by atoms with Crippen molar-refractivity contribution in [3.05, 3.63) is 18.2 Å². The third-order valence-corrected chi connectivity index (χ3v) is 4.16. The molecule has 0 spiro atoms. The van der Waals surface area contributed by atoms with Crippen molar-refractivity contribution in [3.63, 3.8) is 0 Å². The van der Waals surface area contributed by atoms with Crippen molar-refractivity contribution in [3.8, 4) is 11.5 Å². The third kappa shape index (κ3) is 4.91. The number of nitrogens with one attached hydrogen (secondary N) is 1. The molecule has 5 heteroatoms. The molecule has 1 aliphatic rings. The first-order chi connectivity index (χ1) is 10.7. The minimum atomic E-state index is 0.620. The highest BCUT2D eigenvalue weighted by Gasteiger charge is 2.14. The minimum Gasteiger partial charge on any atom is -0.493 e. The Hall–Kier alpha value is -1.75. The Morgan fingerprint density at radius 2 is 2.18 bits per heavy atom. The molecule has 0 aromatic heterocycles. The summed E-state index contributed by atoms with van der Waals surface area (Å²) in [5.74, 6) is 2.18. The third-order valence-electron chi connectivity index (χ3n) is 4.16. The van der Waals surface area contributed by atoms with Crippen LogP contribution >= 0.6 is 0 Å². The molecule has 1 aromatic rings. The Labute approximate surface area is 132 Å². The van der Waals surface area contributed by atoms with Gasteiger partial charge in [-0.3, -0.25) is 9.69 Å². The number of hydrogen-bond donors (Lipinski definition) is 1. The van der Waals surface area contributed by atoms with Gasteiger partial charge < -0.3 is 14.8 Å². The summed E-state index contributed by atoms with van der Waals surface area (Å²) in [6, 6.07) is 5.38. The van der Waals surface area contributed by atoms with Crippen molar-refractivity contribution < 1.29 is 14.3 Å². The van der Waals surface area contributed by atoms with E-state index in [1.54, 1.807) is 25.3 Å². The summed E-state index contributed by atoms with van der Waals surface area (Å²) in [5, 5.41) is 2.63. The molecule has 1 N–H and O–H groups in total. The van der Waals surface area contributed by atoms with Crippen LogP contribution in [0.2, 0.25) is 0 Å². The van der Waals surface area contributed by atoms with E-state index in [9.17, 15) is 4.79 Å². The number of likely N-dealkylation sites (tertiary alicyclic amines) is 1. The van der Waals surface area contributed by atoms with Gasteiger partial charge in [-0.25, -0.2) is 0 Å². The van der Waals surface area contributed by atoms with Crippen molar-refractivity contribution in [1.29, 1.82) is 0 Å². The van der Waals surface area contributed by atoms with Crippen LogP contribution in [0.4, 0.5) is 5.69 Å². The van der Waals surface area contributed by atoms with Gasteiger partial charge in [0.05, 0.1) is 7.11 Å². The first-order valence-corrected chi connectivity index (χ1v) is 7.96. The molecule has 0 radical (unpaired) electrons. The molecule has 1 atom stereocenters. The van der Waals surface area contributed by atoms with Crippen molar-refractivity contribution in [1.82, 2.24) is 4.90 Å². The molecule has 0 saturated carbocycles. The summed E-state index contributed by atoms with van der Waals surface area (Å²) < 4.78 is 11.2. The van der Waals surface area contributed by atoms with E-state index in [0.29, 0.717) is 30.2 Å². The lowest BCUT2D eigenvalue weighted by Gasteiger charge is -2.20. The molecule has 1 heterocycles. The fourth-order valence-electron chi connectivity index (χ4n) is 2.78. The van der Waals surface area contributed by atoms with Gasteiger partial charge in [0.25, 0.3) is 0 Å². The smallest absolute Gasteiger partial charge is 0.211 e. The first kappa shape index (κ1) is 16.6. The molecule has 1 unspecified atom stereocenters. The van der Waals surface area contributed by atoms with Gasteiger partial charge in [-0.15, -0.1) is 0 Å². The SMILES string of the molecule is COc1ccc(NC=O)cc1OCCN1CCCC(C)CC1. The van der Waals surface area contributed by atoms with Gasteiger partial charge in [-0.05, 0) is 50.4 Å². The second kappa shape index (κ2) is 8.63. The molecule has 1 aromatic carbocycles. The fourth-order valence-corrected chi connectivity index (χ4v) is 2.78. The maximum Gasteiger partial charge on any atom is 0.211 e. The fraction of sp³-hybridized carbons (Fsp3) is 0.588. The lowest BCUT2D eigenvalue weighted by Crippen LogP contribution is -2.29. The van der Waals surface area contributed by atoms with Crippen LogP contribution in [0.1, 0.15) is 26.2 Å². The van der Waals surface area contributed by atoms with Crippen LogP contribution in [-0.4, -0.2) is 44.7 Å². The largest absolute Gasteiger partial charge is 0.493 e. The molecule has 5 nitrogen and oxygen atoms in total. The average molecular weight is 306 g/mol. The monoisotopic (exact) mass is 306 g/mol. The van der Waals surface area contributed by atoms with Crippen molar-refractivity contribution in [2.45, 2.75) is 26.2 Å². The van der Waals surface area contributed by atoms with Crippen LogP contribution in [0.25, 0.3) is 0 Å². The predicted octanol–water partition coefficient (Wildman–Crippen LogP) is 2.76. The van der Waals surface area contributed by atoms with Gasteiger partial charge in [0.2, 0.25) is 6.41 Å². The van der Waals surface area contributed by atoms with E-state index in [4.69, 9.17) is 9.47 Å². The number of hydrogen-bond acceptors (Lipinski definition) is 4. The highest BCUT2D eigenvalue weighted by Crippen LogP contribution is 2.30. The van der Waals surface area contributed by atoms with Gasteiger partial charge in [-0.1, -0.05) is 6.92 Å². The first-order valence-electron chi connectivity index (χ1n) is 7.96. The summed E-state index contributed by atoms with van der Waals surface area (Å²) in [6.07, 6.45) is 4.51. The van der Waals surface area contributed by atoms with Gasteiger partial charge in [0.1, 0.15) is 6.61 Å². The Morgan fingerprint density at radius 3 is 2.95 bits per heavy atom. The van der Waals surface area contributed by atoms with E-state index in [1.807, 2.05) is 0 Å². The van der Waals surface area contributed by atoms with Crippen molar-refractivity contribution in [2.24, 2.45) is 5.92 Å². The Kier molecular flexibility index (Phi) is 6.52. The zero-order chi connectivity index (χ0) is 15.8. The van der Waals surface area contributed by atoms with E-state index in [-0.39, 0.29) is 0 Å². The number of anilines is 1. The summed E-state index contributed by atoms with van der Waals surface area (Å²) in [7, 11) is 1.62. The van der Waals surface area contributed by atoms with Crippen molar-refractivity contribution in [2.75, 3.05) is 38.7 Å². The van der Waals surface area contributed by atoms with Crippen LogP contribution in [-0.2, 0) is 4.79 Å². The zero-order valence-electron chi connectivity index (χ0n) is 13.5. The van der Waals surface area contributed by atoms with Crippen LogP contribution < -0.4 is 14.8 Å². The Morgan fingerprint density at radius 1 is 1.32 bits per heavy atom. The van der Waals surface area contributed by atoms with E-state index in [0.717, 1.165) is 25.6 Å². The zero-order valence-corrected chi connectivity index (χ0v) is 13.5. The number of nitrogens with zero attached hydrogens (tertiary/aromatic N) is 1. The maximum atomic E-state index is 10.5. The molecular weight excluding hydrogens is 280 g/mol. The molecule has 1 saturated heterocycles. The molecule has 0 aliphatic carbocycles. The van der Waals surface area contributed by atoms with Crippen LogP contribution in [0.15, 0.2) is 18.2 Å². The Balaban J connectivity index is 1.87. The second-order valence-electron chi connectivity index (χ2n) is 5.85. The molecule has 2 rings (SSSR count). The number of amides is 1. The normalized spacial score (nSPS) is 19.3. The van der Waals surface area contributed by atoms with E-state index >= 15 is 0 Å². The number of benzene rings is 1. The van der Waals surface area contributed by atoms with Gasteiger partial charge >= 0.3 is 0 Å². The summed E-state index contributed by atoms with van der Waals surface area (Å²) >= 11 is 0. The lowest BCUT2D eigenvalue weighted by molar-refractivity contribution is -0.105. The number of rotatable bonds is 7. The van der Waals surface area contributed by atoms with Gasteiger partial charge in [0.15, 0.2) is 11.5 Å². The molecule has 0 bridgehead atoms. The maximum absolute atomic E-state index is 10.5. The molecule has 122 valence electrons. The topological polar surface area (TPSA) is 50.8 Å². The summed E-state index contributed by atoms with van der Waals surface area (Å²) in [4.78, 5) is 13.0. The highest BCUT2D eigenvalue weighted by atomic mass is 16.5. The molecular formula is C17H26N2O3. The molecule has 1 fully saturated rings. The van der Waals surface area contributed by atoms with Gasteiger partial charge in [0, 0.05) is 18.3 Å².